The molecule has 2 heterocycles. The number of aliphatic hydroxyl groups excluding tert-OH is 1. The predicted molar refractivity (Wildman–Crippen MR) is 104 cm³/mol. The molecule has 0 radical (unpaired) electrons. The number of hydrogen-bond donors (Lipinski definition) is 2. The molecule has 0 amide bonds. The lowest BCUT2D eigenvalue weighted by Crippen LogP contribution is -2.46. The molecule has 1 aliphatic rings. The number of nitrogens with one attached hydrogen (secondary N) is 1. The summed E-state index contributed by atoms with van der Waals surface area (Å²) in [4.78, 5) is 21.4. The Kier molecular flexibility index (Phi) is 5.89. The van der Waals surface area contributed by atoms with Crippen LogP contribution in [0.2, 0.25) is 5.02 Å². The van der Waals surface area contributed by atoms with Crippen molar-refractivity contribution < 1.29 is 5.11 Å². The van der Waals surface area contributed by atoms with E-state index in [0.717, 1.165) is 25.1 Å². The summed E-state index contributed by atoms with van der Waals surface area (Å²) in [7, 11) is 1.71. The van der Waals surface area contributed by atoms with Crippen LogP contribution in [0.3, 0.4) is 0 Å². The van der Waals surface area contributed by atoms with Gasteiger partial charge in [0.1, 0.15) is 0 Å². The second-order valence-corrected chi connectivity index (χ2v) is 7.49. The molecule has 0 aliphatic carbocycles. The number of fused-ring (bicyclic) bond motifs is 1. The van der Waals surface area contributed by atoms with E-state index >= 15 is 0 Å². The van der Waals surface area contributed by atoms with Gasteiger partial charge in [-0.1, -0.05) is 11.6 Å². The lowest BCUT2D eigenvalue weighted by Gasteiger charge is -2.29. The van der Waals surface area contributed by atoms with E-state index in [1.165, 1.54) is 10.9 Å². The van der Waals surface area contributed by atoms with Crippen LogP contribution in [0.4, 0.5) is 0 Å². The Labute approximate surface area is 159 Å². The van der Waals surface area contributed by atoms with Crippen molar-refractivity contribution >= 4 is 44.1 Å². The van der Waals surface area contributed by atoms with Crippen molar-refractivity contribution in [2.75, 3.05) is 13.6 Å². The van der Waals surface area contributed by atoms with Gasteiger partial charge in [0.25, 0.3) is 5.56 Å². The number of halogens is 2. The second-order valence-electron chi connectivity index (χ2n) is 6.23. The molecule has 0 saturated carbocycles. The molecule has 2 aromatic rings. The monoisotopic (exact) mass is 426 g/mol. The molecule has 1 saturated heterocycles. The second kappa shape index (κ2) is 7.95. The summed E-state index contributed by atoms with van der Waals surface area (Å²) in [5, 5.41) is 14.4. The summed E-state index contributed by atoms with van der Waals surface area (Å²) in [5.74, 6) is 0. The highest BCUT2D eigenvalue weighted by Gasteiger charge is 2.24. The van der Waals surface area contributed by atoms with Crippen LogP contribution in [0.1, 0.15) is 19.3 Å². The lowest BCUT2D eigenvalue weighted by atomic mass is 9.96. The third kappa shape index (κ3) is 4.11. The number of benzene rings is 1. The topological polar surface area (TPSA) is 79.5 Å². The summed E-state index contributed by atoms with van der Waals surface area (Å²) in [6.07, 6.45) is 3.51. The molecule has 6 nitrogen and oxygen atoms in total. The summed E-state index contributed by atoms with van der Waals surface area (Å²) >= 11 is 9.45. The van der Waals surface area contributed by atoms with Crippen LogP contribution in [0.5, 0.6) is 0 Å². The molecule has 134 valence electrons. The highest BCUT2D eigenvalue weighted by Crippen LogP contribution is 2.25. The molecule has 8 heteroatoms. The molecule has 2 unspecified atom stereocenters. The van der Waals surface area contributed by atoms with E-state index in [1.807, 2.05) is 0 Å². The van der Waals surface area contributed by atoms with Crippen LogP contribution in [0, 0.1) is 0 Å². The van der Waals surface area contributed by atoms with Crippen molar-refractivity contribution in [1.29, 1.82) is 0 Å². The Morgan fingerprint density at radius 2 is 2.36 bits per heavy atom. The first-order valence-corrected chi connectivity index (χ1v) is 9.37. The Morgan fingerprint density at radius 1 is 1.56 bits per heavy atom. The minimum atomic E-state index is -0.381. The maximum atomic E-state index is 12.7. The highest BCUT2D eigenvalue weighted by molar-refractivity contribution is 9.10. The van der Waals surface area contributed by atoms with Gasteiger partial charge in [-0.15, -0.1) is 0 Å². The fourth-order valence-electron chi connectivity index (χ4n) is 3.09. The highest BCUT2D eigenvalue weighted by atomic mass is 79.9. The summed E-state index contributed by atoms with van der Waals surface area (Å²) in [6.45, 7) is 1.24. The molecule has 2 N–H and O–H groups in total. The number of aromatic nitrogens is 2. The van der Waals surface area contributed by atoms with Crippen molar-refractivity contribution in [3.63, 3.8) is 0 Å². The van der Waals surface area contributed by atoms with Crippen molar-refractivity contribution in [3.8, 4) is 0 Å². The zero-order chi connectivity index (χ0) is 18.0. The number of rotatable bonds is 4. The largest absolute Gasteiger partial charge is 0.391 e. The Balaban J connectivity index is 1.84. The van der Waals surface area contributed by atoms with Crippen molar-refractivity contribution in [3.05, 3.63) is 38.3 Å². The predicted octanol–water partition coefficient (Wildman–Crippen LogP) is 2.39. The molecular formula is C17H20BrClN4O2. The van der Waals surface area contributed by atoms with E-state index < -0.39 is 0 Å². The van der Waals surface area contributed by atoms with E-state index in [1.54, 1.807) is 19.2 Å². The average molecular weight is 428 g/mol. The van der Waals surface area contributed by atoms with Crippen molar-refractivity contribution in [1.82, 2.24) is 14.9 Å². The van der Waals surface area contributed by atoms with E-state index in [-0.39, 0.29) is 17.7 Å². The zero-order valence-corrected chi connectivity index (χ0v) is 16.2. The average Bonchev–Trinajstić information content (AvgIpc) is 2.60. The van der Waals surface area contributed by atoms with E-state index in [2.05, 4.69) is 31.2 Å². The van der Waals surface area contributed by atoms with Crippen LogP contribution in [-0.2, 0) is 6.54 Å². The number of piperidine rings is 1. The maximum Gasteiger partial charge on any atom is 0.261 e. The summed E-state index contributed by atoms with van der Waals surface area (Å²) in [5.41, 5.74) is 1.28. The van der Waals surface area contributed by atoms with Gasteiger partial charge in [-0.05, 0) is 47.4 Å². The van der Waals surface area contributed by atoms with Crippen LogP contribution < -0.4 is 10.9 Å². The third-order valence-corrected chi connectivity index (χ3v) is 5.74. The Hall–Kier alpha value is -1.28. The maximum absolute atomic E-state index is 12.7. The van der Waals surface area contributed by atoms with Gasteiger partial charge in [0, 0.05) is 29.7 Å². The number of nitrogens with zero attached hydrogens (tertiary/aromatic N) is 3. The normalized spacial score (nSPS) is 21.7. The van der Waals surface area contributed by atoms with Gasteiger partial charge < -0.3 is 10.4 Å². The van der Waals surface area contributed by atoms with E-state index in [0.29, 0.717) is 33.4 Å². The molecule has 0 bridgehead atoms. The number of aliphatic hydroxyl groups is 1. The molecule has 1 aromatic heterocycles. The van der Waals surface area contributed by atoms with Gasteiger partial charge in [-0.2, -0.15) is 0 Å². The van der Waals surface area contributed by atoms with Crippen LogP contribution in [0.15, 0.2) is 32.7 Å². The van der Waals surface area contributed by atoms with Gasteiger partial charge >= 0.3 is 0 Å². The van der Waals surface area contributed by atoms with Crippen LogP contribution >= 0.6 is 27.5 Å². The molecule has 0 spiro atoms. The van der Waals surface area contributed by atoms with Gasteiger partial charge in [0.05, 0.1) is 34.9 Å². The SMILES string of the molecule is CN=C(CC1NCCCC1O)Cn1cnc2cc(Br)c(Cl)cc2c1=O. The fraction of sp³-hybridized carbons (Fsp3) is 0.471. The van der Waals surface area contributed by atoms with Gasteiger partial charge in [-0.25, -0.2) is 4.98 Å². The first kappa shape index (κ1) is 18.5. The summed E-state index contributed by atoms with van der Waals surface area (Å²) < 4.78 is 2.24. The molecule has 1 aliphatic heterocycles. The zero-order valence-electron chi connectivity index (χ0n) is 13.9. The molecular weight excluding hydrogens is 408 g/mol. The van der Waals surface area contributed by atoms with E-state index in [9.17, 15) is 9.90 Å². The minimum Gasteiger partial charge on any atom is -0.391 e. The molecule has 25 heavy (non-hydrogen) atoms. The Bertz CT molecular complexity index is 868. The third-order valence-electron chi connectivity index (χ3n) is 4.54. The molecule has 2 atom stereocenters. The van der Waals surface area contributed by atoms with Crippen LogP contribution in [0.25, 0.3) is 10.9 Å². The molecule has 3 rings (SSSR count). The fourth-order valence-corrected chi connectivity index (χ4v) is 3.58. The molecule has 1 fully saturated rings. The van der Waals surface area contributed by atoms with E-state index in [4.69, 9.17) is 11.6 Å². The first-order chi connectivity index (χ1) is 12.0. The quantitative estimate of drug-likeness (QED) is 0.734. The van der Waals surface area contributed by atoms with Gasteiger partial charge in [0.15, 0.2) is 0 Å². The lowest BCUT2D eigenvalue weighted by molar-refractivity contribution is 0.0990. The Morgan fingerprint density at radius 3 is 3.08 bits per heavy atom. The molecule has 1 aromatic carbocycles. The van der Waals surface area contributed by atoms with Crippen molar-refractivity contribution in [2.45, 2.75) is 38.0 Å². The standard InChI is InChI=1S/C17H20BrClN4O2/c1-20-10(5-15-16(24)3-2-4-21-15)8-23-9-22-14-7-12(18)13(19)6-11(14)17(23)25/h6-7,9,15-16,21,24H,2-5,8H2,1H3. The minimum absolute atomic E-state index is 0.0260. The summed E-state index contributed by atoms with van der Waals surface area (Å²) in [6, 6.07) is 3.34. The van der Waals surface area contributed by atoms with Gasteiger partial charge in [0.2, 0.25) is 0 Å². The first-order valence-electron chi connectivity index (χ1n) is 8.19. The smallest absolute Gasteiger partial charge is 0.261 e. The van der Waals surface area contributed by atoms with Gasteiger partial charge in [-0.3, -0.25) is 14.4 Å². The number of aliphatic imine (C=N–C) groups is 1. The van der Waals surface area contributed by atoms with Crippen molar-refractivity contribution in [2.24, 2.45) is 4.99 Å². The number of hydrogen-bond acceptors (Lipinski definition) is 5. The van der Waals surface area contributed by atoms with Crippen LogP contribution in [-0.4, -0.2) is 46.1 Å².